The number of benzene rings is 1. The van der Waals surface area contributed by atoms with Crippen LogP contribution in [-0.4, -0.2) is 14.8 Å². The Bertz CT molecular complexity index is 522. The third-order valence-corrected chi connectivity index (χ3v) is 2.23. The molecule has 0 atom stereocenters. The molecule has 2 rings (SSSR count). The van der Waals surface area contributed by atoms with Gasteiger partial charge in [0, 0.05) is 6.54 Å². The SMILES string of the molecule is CCn1cnnc1-c1ccc(F)c(F)c1F. The van der Waals surface area contributed by atoms with Crippen molar-refractivity contribution in [2.75, 3.05) is 0 Å². The minimum Gasteiger partial charge on any atom is -0.314 e. The Labute approximate surface area is 89.5 Å². The highest BCUT2D eigenvalue weighted by molar-refractivity contribution is 5.56. The zero-order chi connectivity index (χ0) is 11.7. The van der Waals surface area contributed by atoms with Crippen molar-refractivity contribution in [3.63, 3.8) is 0 Å². The van der Waals surface area contributed by atoms with Crippen LogP contribution in [0.25, 0.3) is 11.4 Å². The first-order valence-corrected chi connectivity index (χ1v) is 4.66. The summed E-state index contributed by atoms with van der Waals surface area (Å²) in [4.78, 5) is 0. The van der Waals surface area contributed by atoms with Gasteiger partial charge in [0.15, 0.2) is 23.3 Å². The van der Waals surface area contributed by atoms with E-state index in [9.17, 15) is 13.2 Å². The molecule has 0 aliphatic rings. The van der Waals surface area contributed by atoms with Crippen LogP contribution < -0.4 is 0 Å². The van der Waals surface area contributed by atoms with Crippen molar-refractivity contribution in [2.24, 2.45) is 0 Å². The van der Waals surface area contributed by atoms with E-state index in [2.05, 4.69) is 10.2 Å². The van der Waals surface area contributed by atoms with Crippen molar-refractivity contribution < 1.29 is 13.2 Å². The monoisotopic (exact) mass is 227 g/mol. The molecular formula is C10H8F3N3. The van der Waals surface area contributed by atoms with Crippen LogP contribution in [0.1, 0.15) is 6.92 Å². The lowest BCUT2D eigenvalue weighted by molar-refractivity contribution is 0.448. The summed E-state index contributed by atoms with van der Waals surface area (Å²) in [6.07, 6.45) is 1.40. The maximum absolute atomic E-state index is 13.4. The number of hydrogen-bond acceptors (Lipinski definition) is 2. The molecule has 0 saturated heterocycles. The van der Waals surface area contributed by atoms with Crippen molar-refractivity contribution in [3.05, 3.63) is 35.9 Å². The van der Waals surface area contributed by atoms with Crippen molar-refractivity contribution >= 4 is 0 Å². The molecule has 0 bridgehead atoms. The second-order valence-electron chi connectivity index (χ2n) is 3.16. The van der Waals surface area contributed by atoms with Crippen LogP contribution in [0.5, 0.6) is 0 Å². The van der Waals surface area contributed by atoms with Gasteiger partial charge in [-0.2, -0.15) is 0 Å². The number of aryl methyl sites for hydroxylation is 1. The summed E-state index contributed by atoms with van der Waals surface area (Å²) in [5.74, 6) is -3.78. The molecule has 0 aliphatic carbocycles. The molecule has 2 aromatic rings. The van der Waals surface area contributed by atoms with Crippen molar-refractivity contribution in [1.29, 1.82) is 0 Å². The smallest absolute Gasteiger partial charge is 0.195 e. The van der Waals surface area contributed by atoms with E-state index in [4.69, 9.17) is 0 Å². The van der Waals surface area contributed by atoms with Gasteiger partial charge < -0.3 is 4.57 Å². The summed E-state index contributed by atoms with van der Waals surface area (Å²) in [5, 5.41) is 7.27. The molecule has 84 valence electrons. The third-order valence-electron chi connectivity index (χ3n) is 2.23. The minimum atomic E-state index is -1.50. The standard InChI is InChI=1S/C10H8F3N3/c1-2-16-5-14-15-10(16)6-3-4-7(11)9(13)8(6)12/h3-5H,2H2,1H3. The van der Waals surface area contributed by atoms with Gasteiger partial charge >= 0.3 is 0 Å². The van der Waals surface area contributed by atoms with Gasteiger partial charge in [0.1, 0.15) is 6.33 Å². The lowest BCUT2D eigenvalue weighted by Crippen LogP contribution is -2.00. The quantitative estimate of drug-likeness (QED) is 0.737. The average Bonchev–Trinajstić information content (AvgIpc) is 2.74. The fraction of sp³-hybridized carbons (Fsp3) is 0.200. The number of rotatable bonds is 2. The Morgan fingerprint density at radius 3 is 2.62 bits per heavy atom. The maximum Gasteiger partial charge on any atom is 0.195 e. The number of nitrogens with zero attached hydrogens (tertiary/aromatic N) is 3. The van der Waals surface area contributed by atoms with Gasteiger partial charge in [-0.15, -0.1) is 10.2 Å². The summed E-state index contributed by atoms with van der Waals surface area (Å²) < 4.78 is 40.7. The molecule has 0 fully saturated rings. The van der Waals surface area contributed by atoms with E-state index in [1.165, 1.54) is 10.9 Å². The van der Waals surface area contributed by atoms with E-state index in [0.29, 0.717) is 6.54 Å². The molecule has 0 amide bonds. The zero-order valence-corrected chi connectivity index (χ0v) is 8.41. The topological polar surface area (TPSA) is 30.7 Å². The Morgan fingerprint density at radius 1 is 1.19 bits per heavy atom. The first-order valence-electron chi connectivity index (χ1n) is 4.66. The first-order chi connectivity index (χ1) is 7.65. The van der Waals surface area contributed by atoms with Crippen molar-refractivity contribution in [2.45, 2.75) is 13.5 Å². The highest BCUT2D eigenvalue weighted by Crippen LogP contribution is 2.23. The lowest BCUT2D eigenvalue weighted by atomic mass is 10.2. The summed E-state index contributed by atoms with van der Waals surface area (Å²) in [6, 6.07) is 2.01. The van der Waals surface area contributed by atoms with Gasteiger partial charge in [-0.1, -0.05) is 0 Å². The molecule has 0 saturated carbocycles. The first kappa shape index (κ1) is 10.7. The van der Waals surface area contributed by atoms with E-state index in [-0.39, 0.29) is 11.4 Å². The molecule has 3 nitrogen and oxygen atoms in total. The van der Waals surface area contributed by atoms with Gasteiger partial charge in [-0.3, -0.25) is 0 Å². The zero-order valence-electron chi connectivity index (χ0n) is 8.41. The van der Waals surface area contributed by atoms with Crippen LogP contribution in [0.15, 0.2) is 18.5 Å². The number of halogens is 3. The normalized spacial score (nSPS) is 10.8. The highest BCUT2D eigenvalue weighted by atomic mass is 19.2. The van der Waals surface area contributed by atoms with E-state index >= 15 is 0 Å². The van der Waals surface area contributed by atoms with Crippen LogP contribution in [-0.2, 0) is 6.54 Å². The van der Waals surface area contributed by atoms with Crippen LogP contribution in [0.3, 0.4) is 0 Å². The van der Waals surface area contributed by atoms with Gasteiger partial charge in [0.05, 0.1) is 5.56 Å². The molecule has 0 aliphatic heterocycles. The molecule has 0 N–H and O–H groups in total. The molecule has 16 heavy (non-hydrogen) atoms. The van der Waals surface area contributed by atoms with E-state index in [1.54, 1.807) is 0 Å². The minimum absolute atomic E-state index is 0.0988. The van der Waals surface area contributed by atoms with E-state index < -0.39 is 17.5 Å². The van der Waals surface area contributed by atoms with E-state index in [0.717, 1.165) is 12.1 Å². The van der Waals surface area contributed by atoms with Gasteiger partial charge in [-0.05, 0) is 19.1 Å². The number of hydrogen-bond donors (Lipinski definition) is 0. The summed E-state index contributed by atoms with van der Waals surface area (Å²) in [6.45, 7) is 2.32. The van der Waals surface area contributed by atoms with Crippen LogP contribution >= 0.6 is 0 Å². The van der Waals surface area contributed by atoms with Crippen LogP contribution in [0, 0.1) is 17.5 Å². The molecule has 1 aromatic heterocycles. The molecule has 1 heterocycles. The molecular weight excluding hydrogens is 219 g/mol. The largest absolute Gasteiger partial charge is 0.314 e. The molecule has 1 aromatic carbocycles. The van der Waals surface area contributed by atoms with E-state index in [1.807, 2.05) is 6.92 Å². The molecule has 0 spiro atoms. The van der Waals surface area contributed by atoms with Crippen LogP contribution in [0.4, 0.5) is 13.2 Å². The Kier molecular flexibility index (Phi) is 2.64. The second-order valence-corrected chi connectivity index (χ2v) is 3.16. The third kappa shape index (κ3) is 1.56. The summed E-state index contributed by atoms with van der Waals surface area (Å²) in [5.41, 5.74) is -0.0988. The van der Waals surface area contributed by atoms with Crippen molar-refractivity contribution in [3.8, 4) is 11.4 Å². The summed E-state index contributed by atoms with van der Waals surface area (Å²) in [7, 11) is 0. The maximum atomic E-state index is 13.4. The molecule has 0 radical (unpaired) electrons. The Morgan fingerprint density at radius 2 is 1.94 bits per heavy atom. The molecule has 0 unspecified atom stereocenters. The number of aromatic nitrogens is 3. The molecule has 6 heteroatoms. The van der Waals surface area contributed by atoms with Gasteiger partial charge in [0.25, 0.3) is 0 Å². The van der Waals surface area contributed by atoms with Gasteiger partial charge in [0.2, 0.25) is 0 Å². The second kappa shape index (κ2) is 3.96. The van der Waals surface area contributed by atoms with Crippen molar-refractivity contribution in [1.82, 2.24) is 14.8 Å². The van der Waals surface area contributed by atoms with Crippen LogP contribution in [0.2, 0.25) is 0 Å². The predicted octanol–water partition coefficient (Wildman–Crippen LogP) is 2.38. The average molecular weight is 227 g/mol. The fourth-order valence-corrected chi connectivity index (χ4v) is 1.39. The Hall–Kier alpha value is -1.85. The fourth-order valence-electron chi connectivity index (χ4n) is 1.39. The highest BCUT2D eigenvalue weighted by Gasteiger charge is 2.17. The van der Waals surface area contributed by atoms with Gasteiger partial charge in [-0.25, -0.2) is 13.2 Å². The summed E-state index contributed by atoms with van der Waals surface area (Å²) >= 11 is 0. The Balaban J connectivity index is 2.61. The lowest BCUT2D eigenvalue weighted by Gasteiger charge is -2.05. The predicted molar refractivity (Wildman–Crippen MR) is 51.0 cm³/mol.